The van der Waals surface area contributed by atoms with E-state index in [0.29, 0.717) is 16.7 Å². The van der Waals surface area contributed by atoms with E-state index in [2.05, 4.69) is 22.4 Å². The van der Waals surface area contributed by atoms with Crippen LogP contribution >= 0.6 is 11.8 Å². The van der Waals surface area contributed by atoms with Gasteiger partial charge in [-0.2, -0.15) is 0 Å². The SMILES string of the molecule is CCc1ccccc1NC(=O)CSc1nnc(C(C)Oc2ccc(F)cc2)n1-c1ccccc1. The Bertz CT molecular complexity index is 1250. The van der Waals surface area contributed by atoms with E-state index in [1.807, 2.05) is 66.1 Å². The largest absolute Gasteiger partial charge is 0.483 e. The summed E-state index contributed by atoms with van der Waals surface area (Å²) in [6, 6.07) is 23.3. The molecule has 0 aliphatic carbocycles. The molecule has 1 atom stereocenters. The van der Waals surface area contributed by atoms with Gasteiger partial charge in [0.05, 0.1) is 5.75 Å². The van der Waals surface area contributed by atoms with Gasteiger partial charge in [-0.25, -0.2) is 4.39 Å². The molecule has 0 saturated heterocycles. The molecular formula is C26H25FN4O2S. The number of nitrogens with zero attached hydrogens (tertiary/aromatic N) is 3. The Hall–Kier alpha value is -3.65. The number of hydrogen-bond donors (Lipinski definition) is 1. The first-order chi connectivity index (χ1) is 16.5. The highest BCUT2D eigenvalue weighted by atomic mass is 32.2. The van der Waals surface area contributed by atoms with E-state index in [1.165, 1.54) is 23.9 Å². The predicted octanol–water partition coefficient (Wildman–Crippen LogP) is 5.84. The van der Waals surface area contributed by atoms with Crippen molar-refractivity contribution in [1.29, 1.82) is 0 Å². The molecule has 0 spiro atoms. The molecule has 0 bridgehead atoms. The second-order valence-corrected chi connectivity index (χ2v) is 8.52. The number of hydrogen-bond acceptors (Lipinski definition) is 5. The summed E-state index contributed by atoms with van der Waals surface area (Å²) >= 11 is 1.30. The van der Waals surface area contributed by atoms with E-state index in [-0.39, 0.29) is 17.5 Å². The van der Waals surface area contributed by atoms with E-state index in [4.69, 9.17) is 4.74 Å². The quantitative estimate of drug-likeness (QED) is 0.307. The van der Waals surface area contributed by atoms with Crippen molar-refractivity contribution in [2.45, 2.75) is 31.5 Å². The Morgan fingerprint density at radius 2 is 1.74 bits per heavy atom. The van der Waals surface area contributed by atoms with Crippen LogP contribution in [0.2, 0.25) is 0 Å². The highest BCUT2D eigenvalue weighted by Gasteiger charge is 2.22. The number of halogens is 1. The van der Waals surface area contributed by atoms with Crippen molar-refractivity contribution in [3.63, 3.8) is 0 Å². The third kappa shape index (κ3) is 5.63. The van der Waals surface area contributed by atoms with Gasteiger partial charge in [0, 0.05) is 11.4 Å². The first-order valence-electron chi connectivity index (χ1n) is 11.0. The first-order valence-corrected chi connectivity index (χ1v) is 12.0. The third-order valence-corrected chi connectivity index (χ3v) is 6.10. The lowest BCUT2D eigenvalue weighted by Gasteiger charge is -2.16. The Morgan fingerprint density at radius 1 is 1.03 bits per heavy atom. The Kier molecular flexibility index (Phi) is 7.59. The molecule has 0 fully saturated rings. The molecule has 4 rings (SSSR count). The maximum absolute atomic E-state index is 13.2. The topological polar surface area (TPSA) is 69.0 Å². The van der Waals surface area contributed by atoms with Gasteiger partial charge in [-0.15, -0.1) is 10.2 Å². The average Bonchev–Trinajstić information content (AvgIpc) is 3.29. The van der Waals surface area contributed by atoms with Crippen molar-refractivity contribution < 1.29 is 13.9 Å². The molecule has 174 valence electrons. The number of carbonyl (C=O) groups is 1. The molecule has 1 amide bonds. The van der Waals surface area contributed by atoms with Crippen LogP contribution in [0.1, 0.15) is 31.3 Å². The molecule has 1 unspecified atom stereocenters. The van der Waals surface area contributed by atoms with Gasteiger partial charge in [-0.05, 0) is 61.4 Å². The van der Waals surface area contributed by atoms with Crippen molar-refractivity contribution in [3.05, 3.63) is 96.1 Å². The summed E-state index contributed by atoms with van der Waals surface area (Å²) in [5.74, 6) is 0.835. The number of ether oxygens (including phenoxy) is 1. The molecule has 1 heterocycles. The fraction of sp³-hybridized carbons (Fsp3) is 0.192. The lowest BCUT2D eigenvalue weighted by molar-refractivity contribution is -0.113. The minimum absolute atomic E-state index is 0.120. The Morgan fingerprint density at radius 3 is 2.47 bits per heavy atom. The van der Waals surface area contributed by atoms with Gasteiger partial charge in [0.25, 0.3) is 0 Å². The van der Waals surface area contributed by atoms with Crippen LogP contribution in [0.3, 0.4) is 0 Å². The zero-order chi connectivity index (χ0) is 23.9. The number of aromatic nitrogens is 3. The Balaban J connectivity index is 1.53. The summed E-state index contributed by atoms with van der Waals surface area (Å²) in [7, 11) is 0. The van der Waals surface area contributed by atoms with Crippen molar-refractivity contribution in [3.8, 4) is 11.4 Å². The molecular weight excluding hydrogens is 451 g/mol. The number of aryl methyl sites for hydroxylation is 1. The highest BCUT2D eigenvalue weighted by molar-refractivity contribution is 7.99. The minimum atomic E-state index is -0.460. The van der Waals surface area contributed by atoms with Gasteiger partial charge in [-0.3, -0.25) is 9.36 Å². The summed E-state index contributed by atoms with van der Waals surface area (Å²) in [5.41, 5.74) is 2.76. The van der Waals surface area contributed by atoms with Crippen molar-refractivity contribution in [2.24, 2.45) is 0 Å². The molecule has 0 radical (unpaired) electrons. The standard InChI is InChI=1S/C26H25FN4O2S/c1-3-19-9-7-8-12-23(19)28-24(32)17-34-26-30-29-25(31(26)21-10-5-4-6-11-21)18(2)33-22-15-13-20(27)14-16-22/h4-16,18H,3,17H2,1-2H3,(H,28,32). The van der Waals surface area contributed by atoms with Gasteiger partial charge < -0.3 is 10.1 Å². The number of anilines is 1. The smallest absolute Gasteiger partial charge is 0.234 e. The summed E-state index contributed by atoms with van der Waals surface area (Å²) in [6.07, 6.45) is 0.374. The fourth-order valence-electron chi connectivity index (χ4n) is 3.49. The first kappa shape index (κ1) is 23.5. The molecule has 4 aromatic rings. The monoisotopic (exact) mass is 476 g/mol. The van der Waals surface area contributed by atoms with Gasteiger partial charge >= 0.3 is 0 Å². The van der Waals surface area contributed by atoms with Crippen molar-refractivity contribution >= 4 is 23.4 Å². The van der Waals surface area contributed by atoms with Gasteiger partial charge in [-0.1, -0.05) is 55.1 Å². The van der Waals surface area contributed by atoms with Crippen LogP contribution in [0.5, 0.6) is 5.75 Å². The summed E-state index contributed by atoms with van der Waals surface area (Å²) < 4.78 is 21.1. The van der Waals surface area contributed by atoms with Crippen LogP contribution < -0.4 is 10.1 Å². The van der Waals surface area contributed by atoms with Gasteiger partial charge in [0.2, 0.25) is 5.91 Å². The van der Waals surface area contributed by atoms with E-state index in [1.54, 1.807) is 12.1 Å². The maximum atomic E-state index is 13.2. The molecule has 0 aliphatic rings. The van der Waals surface area contributed by atoms with E-state index in [0.717, 1.165) is 23.4 Å². The number of benzene rings is 3. The van der Waals surface area contributed by atoms with Gasteiger partial charge in [0.15, 0.2) is 17.1 Å². The molecule has 1 N–H and O–H groups in total. The molecule has 34 heavy (non-hydrogen) atoms. The van der Waals surface area contributed by atoms with E-state index < -0.39 is 6.10 Å². The molecule has 0 aliphatic heterocycles. The molecule has 3 aromatic carbocycles. The van der Waals surface area contributed by atoms with Crippen LogP contribution in [0.15, 0.2) is 84.0 Å². The number of para-hydroxylation sites is 2. The third-order valence-electron chi connectivity index (χ3n) is 5.17. The maximum Gasteiger partial charge on any atom is 0.234 e. The zero-order valence-corrected chi connectivity index (χ0v) is 19.8. The summed E-state index contributed by atoms with van der Waals surface area (Å²) in [5, 5.41) is 12.3. The predicted molar refractivity (Wildman–Crippen MR) is 132 cm³/mol. The zero-order valence-electron chi connectivity index (χ0n) is 18.9. The second-order valence-electron chi connectivity index (χ2n) is 7.57. The number of nitrogens with one attached hydrogen (secondary N) is 1. The van der Waals surface area contributed by atoms with Crippen LogP contribution in [-0.4, -0.2) is 26.4 Å². The van der Waals surface area contributed by atoms with Crippen molar-refractivity contribution in [1.82, 2.24) is 14.8 Å². The van der Waals surface area contributed by atoms with Crippen LogP contribution in [-0.2, 0) is 11.2 Å². The second kappa shape index (κ2) is 11.0. The summed E-state index contributed by atoms with van der Waals surface area (Å²) in [4.78, 5) is 12.7. The van der Waals surface area contributed by atoms with Crippen molar-refractivity contribution in [2.75, 3.05) is 11.1 Å². The molecule has 8 heteroatoms. The van der Waals surface area contributed by atoms with E-state index >= 15 is 0 Å². The Labute approximate surface area is 202 Å². The van der Waals surface area contributed by atoms with Crippen LogP contribution in [0, 0.1) is 5.82 Å². The number of thioether (sulfide) groups is 1. The van der Waals surface area contributed by atoms with Gasteiger partial charge in [0.1, 0.15) is 11.6 Å². The summed E-state index contributed by atoms with van der Waals surface area (Å²) in [6.45, 7) is 3.91. The fourth-order valence-corrected chi connectivity index (χ4v) is 4.25. The number of amides is 1. The van der Waals surface area contributed by atoms with Crippen LogP contribution in [0.4, 0.5) is 10.1 Å². The highest BCUT2D eigenvalue weighted by Crippen LogP contribution is 2.28. The minimum Gasteiger partial charge on any atom is -0.483 e. The molecule has 1 aromatic heterocycles. The lowest BCUT2D eigenvalue weighted by Crippen LogP contribution is -2.16. The van der Waals surface area contributed by atoms with Crippen LogP contribution in [0.25, 0.3) is 5.69 Å². The molecule has 0 saturated carbocycles. The molecule has 6 nitrogen and oxygen atoms in total. The lowest BCUT2D eigenvalue weighted by atomic mass is 10.1. The number of carbonyl (C=O) groups excluding carboxylic acids is 1. The van der Waals surface area contributed by atoms with E-state index in [9.17, 15) is 9.18 Å². The average molecular weight is 477 g/mol. The number of rotatable bonds is 9. The normalized spacial score (nSPS) is 11.7.